The van der Waals surface area contributed by atoms with E-state index in [1.54, 1.807) is 6.07 Å². The minimum Gasteiger partial charge on any atom is -0.494 e. The van der Waals surface area contributed by atoms with Crippen LogP contribution in [0.25, 0.3) is 0 Å². The van der Waals surface area contributed by atoms with Crippen molar-refractivity contribution in [2.45, 2.75) is 26.2 Å². The van der Waals surface area contributed by atoms with Crippen molar-refractivity contribution in [3.63, 3.8) is 0 Å². The summed E-state index contributed by atoms with van der Waals surface area (Å²) in [6.45, 7) is 2.80. The van der Waals surface area contributed by atoms with Crippen molar-refractivity contribution in [2.75, 3.05) is 13.2 Å². The summed E-state index contributed by atoms with van der Waals surface area (Å²) in [5, 5.41) is 17.4. The van der Waals surface area contributed by atoms with Gasteiger partial charge < -0.3 is 9.84 Å². The van der Waals surface area contributed by atoms with E-state index in [1.807, 2.05) is 19.1 Å². The fraction of sp³-hybridized carbons (Fsp3) is 0.462. The Balaban J connectivity index is 2.38. The molecular formula is C13H17NO2. The number of aliphatic hydroxyl groups is 1. The van der Waals surface area contributed by atoms with E-state index < -0.39 is 0 Å². The van der Waals surface area contributed by atoms with Crippen molar-refractivity contribution in [1.82, 2.24) is 0 Å². The quantitative estimate of drug-likeness (QED) is 0.747. The highest BCUT2D eigenvalue weighted by Crippen LogP contribution is 2.16. The zero-order valence-electron chi connectivity index (χ0n) is 9.57. The molecule has 0 atom stereocenters. The fourth-order valence-corrected chi connectivity index (χ4v) is 1.43. The maximum absolute atomic E-state index is 8.77. The zero-order valence-corrected chi connectivity index (χ0v) is 9.57. The van der Waals surface area contributed by atoms with Crippen LogP contribution in [0.1, 0.15) is 30.4 Å². The summed E-state index contributed by atoms with van der Waals surface area (Å²) in [4.78, 5) is 0. The number of nitrogens with zero attached hydrogens (tertiary/aromatic N) is 1. The Morgan fingerprint density at radius 1 is 1.31 bits per heavy atom. The maximum Gasteiger partial charge on any atom is 0.119 e. The Kier molecular flexibility index (Phi) is 5.38. The monoisotopic (exact) mass is 219 g/mol. The average Bonchev–Trinajstić information content (AvgIpc) is 2.29. The molecule has 0 bridgehead atoms. The molecule has 0 aliphatic carbocycles. The highest BCUT2D eigenvalue weighted by molar-refractivity contribution is 5.41. The van der Waals surface area contributed by atoms with Crippen molar-refractivity contribution < 1.29 is 9.84 Å². The van der Waals surface area contributed by atoms with Crippen LogP contribution >= 0.6 is 0 Å². The molecule has 86 valence electrons. The third-order valence-electron chi connectivity index (χ3n) is 2.39. The molecule has 3 nitrogen and oxygen atoms in total. The van der Waals surface area contributed by atoms with Crippen LogP contribution in [0.4, 0.5) is 0 Å². The molecule has 1 N–H and O–H groups in total. The van der Waals surface area contributed by atoms with Gasteiger partial charge in [0.1, 0.15) is 5.75 Å². The van der Waals surface area contributed by atoms with Gasteiger partial charge in [0.15, 0.2) is 0 Å². The molecule has 1 aromatic carbocycles. The summed E-state index contributed by atoms with van der Waals surface area (Å²) in [5.74, 6) is 0.806. The normalized spacial score (nSPS) is 9.81. The van der Waals surface area contributed by atoms with Gasteiger partial charge in [-0.15, -0.1) is 0 Å². The SMILES string of the molecule is Cc1cc(OCCCCCO)ccc1C#N. The number of aryl methyl sites for hydroxylation is 1. The Morgan fingerprint density at radius 2 is 2.12 bits per heavy atom. The first-order chi connectivity index (χ1) is 7.77. The summed E-state index contributed by atoms with van der Waals surface area (Å²) >= 11 is 0. The van der Waals surface area contributed by atoms with Crippen molar-refractivity contribution in [3.05, 3.63) is 29.3 Å². The van der Waals surface area contributed by atoms with Crippen molar-refractivity contribution in [2.24, 2.45) is 0 Å². The molecule has 0 aliphatic rings. The number of hydrogen-bond donors (Lipinski definition) is 1. The van der Waals surface area contributed by atoms with Gasteiger partial charge in [-0.25, -0.2) is 0 Å². The lowest BCUT2D eigenvalue weighted by molar-refractivity contribution is 0.266. The maximum atomic E-state index is 8.77. The van der Waals surface area contributed by atoms with Gasteiger partial charge >= 0.3 is 0 Å². The first-order valence-electron chi connectivity index (χ1n) is 5.52. The number of nitriles is 1. The molecule has 0 fully saturated rings. The Morgan fingerprint density at radius 3 is 2.75 bits per heavy atom. The van der Waals surface area contributed by atoms with Crippen LogP contribution in [0.5, 0.6) is 5.75 Å². The first kappa shape index (κ1) is 12.5. The smallest absolute Gasteiger partial charge is 0.119 e. The first-order valence-corrected chi connectivity index (χ1v) is 5.52. The molecule has 0 saturated heterocycles. The second-order valence-corrected chi connectivity index (χ2v) is 3.72. The van der Waals surface area contributed by atoms with E-state index in [-0.39, 0.29) is 6.61 Å². The summed E-state index contributed by atoms with van der Waals surface area (Å²) in [7, 11) is 0. The highest BCUT2D eigenvalue weighted by atomic mass is 16.5. The molecule has 0 unspecified atom stereocenters. The van der Waals surface area contributed by atoms with Crippen LogP contribution in [0.3, 0.4) is 0 Å². The highest BCUT2D eigenvalue weighted by Gasteiger charge is 1.99. The van der Waals surface area contributed by atoms with Crippen molar-refractivity contribution in [3.8, 4) is 11.8 Å². The molecule has 1 rings (SSSR count). The molecular weight excluding hydrogens is 202 g/mol. The molecule has 0 aliphatic heterocycles. The van der Waals surface area contributed by atoms with Crippen LogP contribution in [-0.4, -0.2) is 18.3 Å². The third-order valence-corrected chi connectivity index (χ3v) is 2.39. The average molecular weight is 219 g/mol. The van der Waals surface area contributed by atoms with Gasteiger partial charge in [0, 0.05) is 6.61 Å². The zero-order chi connectivity index (χ0) is 11.8. The number of rotatable bonds is 6. The lowest BCUT2D eigenvalue weighted by Gasteiger charge is -2.07. The van der Waals surface area contributed by atoms with E-state index in [2.05, 4.69) is 6.07 Å². The summed E-state index contributed by atoms with van der Waals surface area (Å²) in [5.41, 5.74) is 1.63. The molecule has 0 spiro atoms. The number of ether oxygens (including phenoxy) is 1. The summed E-state index contributed by atoms with van der Waals surface area (Å²) < 4.78 is 5.54. The predicted molar refractivity (Wildman–Crippen MR) is 62.3 cm³/mol. The number of benzene rings is 1. The molecule has 1 aromatic rings. The van der Waals surface area contributed by atoms with E-state index in [9.17, 15) is 0 Å². The van der Waals surface area contributed by atoms with E-state index in [4.69, 9.17) is 15.1 Å². The molecule has 0 amide bonds. The van der Waals surface area contributed by atoms with Crippen LogP contribution in [0.2, 0.25) is 0 Å². The van der Waals surface area contributed by atoms with Gasteiger partial charge in [-0.05, 0) is 49.9 Å². The van der Waals surface area contributed by atoms with Crippen molar-refractivity contribution in [1.29, 1.82) is 5.26 Å². The third kappa shape index (κ3) is 3.92. The summed E-state index contributed by atoms with van der Waals surface area (Å²) in [6.07, 6.45) is 2.75. The fourth-order valence-electron chi connectivity index (χ4n) is 1.43. The van der Waals surface area contributed by atoms with Crippen LogP contribution in [0, 0.1) is 18.3 Å². The molecule has 0 heterocycles. The Bertz CT molecular complexity index is 369. The molecule has 0 saturated carbocycles. The topological polar surface area (TPSA) is 53.2 Å². The Labute approximate surface area is 96.3 Å². The number of hydrogen-bond acceptors (Lipinski definition) is 3. The lowest BCUT2D eigenvalue weighted by Crippen LogP contribution is -1.98. The van der Waals surface area contributed by atoms with E-state index >= 15 is 0 Å². The minimum absolute atomic E-state index is 0.246. The van der Waals surface area contributed by atoms with Gasteiger partial charge in [0.25, 0.3) is 0 Å². The molecule has 0 aromatic heterocycles. The molecule has 3 heteroatoms. The van der Waals surface area contributed by atoms with Crippen molar-refractivity contribution >= 4 is 0 Å². The standard InChI is InChI=1S/C13H17NO2/c1-11-9-13(6-5-12(11)10-14)16-8-4-2-3-7-15/h5-6,9,15H,2-4,7-8H2,1H3. The van der Waals surface area contributed by atoms with Crippen LogP contribution in [-0.2, 0) is 0 Å². The predicted octanol–water partition coefficient (Wildman–Crippen LogP) is 2.41. The second-order valence-electron chi connectivity index (χ2n) is 3.72. The van der Waals surface area contributed by atoms with Gasteiger partial charge in [-0.2, -0.15) is 5.26 Å². The van der Waals surface area contributed by atoms with Crippen LogP contribution in [0.15, 0.2) is 18.2 Å². The van der Waals surface area contributed by atoms with Gasteiger partial charge in [-0.3, -0.25) is 0 Å². The molecule has 0 radical (unpaired) electrons. The summed E-state index contributed by atoms with van der Waals surface area (Å²) in [6, 6.07) is 7.60. The van der Waals surface area contributed by atoms with E-state index in [0.717, 1.165) is 30.6 Å². The lowest BCUT2D eigenvalue weighted by atomic mass is 10.1. The number of aliphatic hydroxyl groups excluding tert-OH is 1. The minimum atomic E-state index is 0.246. The van der Waals surface area contributed by atoms with Gasteiger partial charge in [0.05, 0.1) is 18.2 Å². The van der Waals surface area contributed by atoms with E-state index in [0.29, 0.717) is 12.2 Å². The Hall–Kier alpha value is -1.53. The second kappa shape index (κ2) is 6.86. The number of unbranched alkanes of at least 4 members (excludes halogenated alkanes) is 2. The van der Waals surface area contributed by atoms with Crippen LogP contribution < -0.4 is 4.74 Å². The van der Waals surface area contributed by atoms with Gasteiger partial charge in [-0.1, -0.05) is 0 Å². The molecule has 16 heavy (non-hydrogen) atoms. The van der Waals surface area contributed by atoms with E-state index in [1.165, 1.54) is 0 Å². The van der Waals surface area contributed by atoms with Gasteiger partial charge in [0.2, 0.25) is 0 Å². The largest absolute Gasteiger partial charge is 0.494 e.